The zero-order valence-corrected chi connectivity index (χ0v) is 23.0. The highest BCUT2D eigenvalue weighted by Crippen LogP contribution is 2.41. The first kappa shape index (κ1) is 28.3. The highest BCUT2D eigenvalue weighted by Gasteiger charge is 2.39. The van der Waals surface area contributed by atoms with Crippen LogP contribution in [0.4, 0.5) is 18.0 Å². The van der Waals surface area contributed by atoms with Crippen molar-refractivity contribution in [3.63, 3.8) is 0 Å². The molecule has 1 aromatic carbocycles. The number of aromatic nitrogens is 2. The van der Waals surface area contributed by atoms with Crippen molar-refractivity contribution >= 4 is 23.0 Å². The third-order valence-electron chi connectivity index (χ3n) is 7.16. The molecule has 2 aromatic heterocycles. The molecule has 1 fully saturated rings. The Morgan fingerprint density at radius 1 is 1.10 bits per heavy atom. The number of nitrogens with one attached hydrogen (secondary N) is 2. The van der Waals surface area contributed by atoms with E-state index < -0.39 is 17.8 Å². The number of hydrogen-bond donors (Lipinski definition) is 2. The van der Waals surface area contributed by atoms with Crippen LogP contribution < -0.4 is 15.4 Å². The molecule has 3 amide bonds. The van der Waals surface area contributed by atoms with E-state index in [-0.39, 0.29) is 36.7 Å². The molecular formula is C30H32F3N5O3. The number of pyridine rings is 1. The monoisotopic (exact) mass is 567 g/mol. The van der Waals surface area contributed by atoms with Crippen molar-refractivity contribution in [2.24, 2.45) is 11.8 Å². The van der Waals surface area contributed by atoms with Gasteiger partial charge in [-0.3, -0.25) is 4.79 Å². The summed E-state index contributed by atoms with van der Waals surface area (Å²) in [5, 5.41) is 10.3. The Morgan fingerprint density at radius 2 is 1.88 bits per heavy atom. The number of ether oxygens (including phenoxy) is 1. The van der Waals surface area contributed by atoms with Gasteiger partial charge < -0.3 is 20.3 Å². The van der Waals surface area contributed by atoms with E-state index in [1.807, 2.05) is 45.0 Å². The minimum Gasteiger partial charge on any atom is -0.406 e. The first-order chi connectivity index (χ1) is 19.4. The summed E-state index contributed by atoms with van der Waals surface area (Å²) < 4.78 is 44.5. The van der Waals surface area contributed by atoms with E-state index in [9.17, 15) is 22.8 Å². The van der Waals surface area contributed by atoms with Crippen LogP contribution in [-0.2, 0) is 11.3 Å². The number of urea groups is 1. The lowest BCUT2D eigenvalue weighted by atomic mass is 9.73. The van der Waals surface area contributed by atoms with Crippen molar-refractivity contribution in [2.45, 2.75) is 45.6 Å². The maximum Gasteiger partial charge on any atom is 0.573 e. The van der Waals surface area contributed by atoms with Crippen LogP contribution in [0.25, 0.3) is 11.1 Å². The summed E-state index contributed by atoms with van der Waals surface area (Å²) in [6, 6.07) is 13.2. The van der Waals surface area contributed by atoms with Crippen molar-refractivity contribution < 1.29 is 27.5 Å². The largest absolute Gasteiger partial charge is 0.573 e. The van der Waals surface area contributed by atoms with Gasteiger partial charge in [-0.25, -0.2) is 9.31 Å². The van der Waals surface area contributed by atoms with Crippen LogP contribution in [0.5, 0.6) is 5.75 Å². The number of carbonyl (C=O) groups excluding carboxylic acids is 2. The quantitative estimate of drug-likeness (QED) is 0.437. The summed E-state index contributed by atoms with van der Waals surface area (Å²) in [7, 11) is 0. The Bertz CT molecular complexity index is 1520. The summed E-state index contributed by atoms with van der Waals surface area (Å²) in [5.41, 5.74) is 3.50. The first-order valence-electron chi connectivity index (χ1n) is 13.4. The normalized spacial score (nSPS) is 19.2. The molecule has 2 unspecified atom stereocenters. The molecule has 1 aliphatic heterocycles. The van der Waals surface area contributed by atoms with Crippen molar-refractivity contribution in [2.75, 3.05) is 13.1 Å². The molecule has 2 atom stereocenters. The Balaban J connectivity index is 1.42. The number of allylic oxidation sites excluding steroid dienone is 2. The van der Waals surface area contributed by atoms with Crippen molar-refractivity contribution in [1.29, 1.82) is 0 Å². The lowest BCUT2D eigenvalue weighted by Crippen LogP contribution is -2.53. The third kappa shape index (κ3) is 6.55. The van der Waals surface area contributed by atoms with Crippen LogP contribution in [0.2, 0.25) is 0 Å². The molecule has 0 bridgehead atoms. The number of piperidine rings is 1. The number of nitrogens with zero attached hydrogens (tertiary/aromatic N) is 3. The molecule has 1 aliphatic carbocycles. The number of halogens is 3. The van der Waals surface area contributed by atoms with Gasteiger partial charge in [-0.2, -0.15) is 5.10 Å². The third-order valence-corrected chi connectivity index (χ3v) is 7.16. The van der Waals surface area contributed by atoms with Gasteiger partial charge in [0.15, 0.2) is 0 Å². The fourth-order valence-electron chi connectivity index (χ4n) is 5.42. The minimum absolute atomic E-state index is 0.209. The van der Waals surface area contributed by atoms with Crippen molar-refractivity contribution in [3.05, 3.63) is 83.7 Å². The van der Waals surface area contributed by atoms with Gasteiger partial charge in [0.2, 0.25) is 5.91 Å². The van der Waals surface area contributed by atoms with Gasteiger partial charge in [0.05, 0.1) is 23.7 Å². The number of fused-ring (bicyclic) bond motifs is 2. The smallest absolute Gasteiger partial charge is 0.406 e. The second-order valence-electron chi connectivity index (χ2n) is 11.3. The maximum atomic E-state index is 13.6. The molecular weight excluding hydrogens is 535 g/mol. The van der Waals surface area contributed by atoms with Gasteiger partial charge in [-0.1, -0.05) is 35.9 Å². The topological polar surface area (TPSA) is 88.0 Å². The SMILES string of the molecule is CC(C)(C)NC(=O)N1CCC2=C(c3cccc(OC(F)(F)F)c3)C=CC(C(=O)NCc3cccc4ccnn34)C2C1. The van der Waals surface area contributed by atoms with Crippen molar-refractivity contribution in [1.82, 2.24) is 25.1 Å². The predicted molar refractivity (Wildman–Crippen MR) is 148 cm³/mol. The molecule has 2 N–H and O–H groups in total. The summed E-state index contributed by atoms with van der Waals surface area (Å²) in [4.78, 5) is 28.3. The molecule has 216 valence electrons. The van der Waals surface area contributed by atoms with Crippen LogP contribution in [0.3, 0.4) is 0 Å². The minimum atomic E-state index is -4.81. The molecule has 5 rings (SSSR count). The molecule has 41 heavy (non-hydrogen) atoms. The van der Waals surface area contributed by atoms with Crippen LogP contribution in [0.1, 0.15) is 38.4 Å². The average molecular weight is 568 g/mol. The standard InChI is InChI=1S/C30H32F3N5O3/c1-29(2,3)36-28(40)37-15-13-24-23(19-6-4-9-22(16-19)41-30(31,32)33)10-11-25(26(24)18-37)27(39)34-17-21-8-5-7-20-12-14-35-38(20)21/h4-12,14,16,25-26H,13,15,17-18H2,1-3H3,(H,34,39)(H,36,40). The fourth-order valence-corrected chi connectivity index (χ4v) is 5.42. The van der Waals surface area contributed by atoms with Gasteiger partial charge in [0, 0.05) is 30.7 Å². The lowest BCUT2D eigenvalue weighted by Gasteiger charge is -2.41. The molecule has 2 aliphatic rings. The number of benzene rings is 1. The summed E-state index contributed by atoms with van der Waals surface area (Å²) in [6.07, 6.45) is 0.925. The zero-order valence-electron chi connectivity index (χ0n) is 23.0. The molecule has 8 nitrogen and oxygen atoms in total. The van der Waals surface area contributed by atoms with E-state index in [1.54, 1.807) is 33.8 Å². The highest BCUT2D eigenvalue weighted by molar-refractivity contribution is 5.87. The Morgan fingerprint density at radius 3 is 2.63 bits per heavy atom. The van der Waals surface area contributed by atoms with Crippen molar-refractivity contribution in [3.8, 4) is 5.75 Å². The van der Waals surface area contributed by atoms with Crippen LogP contribution in [-0.4, -0.2) is 51.4 Å². The van der Waals surface area contributed by atoms with Gasteiger partial charge in [0.25, 0.3) is 0 Å². The van der Waals surface area contributed by atoms with Gasteiger partial charge in [0.1, 0.15) is 5.75 Å². The van der Waals surface area contributed by atoms with Gasteiger partial charge >= 0.3 is 12.4 Å². The van der Waals surface area contributed by atoms with E-state index in [0.717, 1.165) is 22.4 Å². The molecule has 0 spiro atoms. The van der Waals surface area contributed by atoms with E-state index in [0.29, 0.717) is 18.5 Å². The molecule has 3 heterocycles. The molecule has 0 saturated carbocycles. The van der Waals surface area contributed by atoms with Crippen LogP contribution >= 0.6 is 0 Å². The average Bonchev–Trinajstić information content (AvgIpc) is 3.39. The number of carbonyl (C=O) groups is 2. The summed E-state index contributed by atoms with van der Waals surface area (Å²) in [6.45, 7) is 6.65. The zero-order chi connectivity index (χ0) is 29.4. The van der Waals surface area contributed by atoms with E-state index >= 15 is 0 Å². The number of alkyl halides is 3. The van der Waals surface area contributed by atoms with Crippen LogP contribution in [0, 0.1) is 11.8 Å². The fraction of sp³-hybridized carbons (Fsp3) is 0.367. The van der Waals surface area contributed by atoms with Gasteiger partial charge in [-0.05, 0) is 68.7 Å². The second-order valence-corrected chi connectivity index (χ2v) is 11.3. The molecule has 3 aromatic rings. The van der Waals surface area contributed by atoms with Gasteiger partial charge in [-0.15, -0.1) is 13.2 Å². The highest BCUT2D eigenvalue weighted by atomic mass is 19.4. The molecule has 11 heteroatoms. The van der Waals surface area contributed by atoms with E-state index in [2.05, 4.69) is 20.5 Å². The van der Waals surface area contributed by atoms with E-state index in [1.165, 1.54) is 18.2 Å². The Hall–Kier alpha value is -4.28. The lowest BCUT2D eigenvalue weighted by molar-refractivity contribution is -0.274. The van der Waals surface area contributed by atoms with Crippen LogP contribution in [0.15, 0.2) is 72.5 Å². The second kappa shape index (κ2) is 10.9. The summed E-state index contributed by atoms with van der Waals surface area (Å²) >= 11 is 0. The first-order valence-corrected chi connectivity index (χ1v) is 13.4. The number of hydrogen-bond acceptors (Lipinski definition) is 4. The molecule has 0 radical (unpaired) electrons. The number of amides is 3. The van der Waals surface area contributed by atoms with E-state index in [4.69, 9.17) is 0 Å². The molecule has 1 saturated heterocycles. The Labute approximate surface area is 235 Å². The predicted octanol–water partition coefficient (Wildman–Crippen LogP) is 5.32. The number of likely N-dealkylation sites (tertiary alicyclic amines) is 1. The Kier molecular flexibility index (Phi) is 7.54. The summed E-state index contributed by atoms with van der Waals surface area (Å²) in [5.74, 6) is -1.46. The number of rotatable bonds is 5. The maximum absolute atomic E-state index is 13.6.